The van der Waals surface area contributed by atoms with Crippen molar-refractivity contribution in [2.45, 2.75) is 5.41 Å². The van der Waals surface area contributed by atoms with Crippen molar-refractivity contribution in [3.8, 4) is 28.3 Å². The number of para-hydroxylation sites is 2. The fourth-order valence-electron chi connectivity index (χ4n) is 8.25. The molecule has 6 aromatic carbocycles. The monoisotopic (exact) mass is 612 g/mol. The van der Waals surface area contributed by atoms with Crippen LogP contribution in [-0.2, 0) is 5.41 Å². The van der Waals surface area contributed by atoms with E-state index in [2.05, 4.69) is 145 Å². The molecule has 8 aromatic rings. The zero-order valence-electron chi connectivity index (χ0n) is 26.1. The molecule has 0 saturated carbocycles. The molecular formula is C44H28N4. The SMILES string of the molecule is C=CC1=C(C=C)C2(c3ccccc31)c1ccccc1-n1c2nc2cccc(-c3nc(-c4ccccc4)c4ccc5ccccc5c4n3)c21. The standard InChI is InChI=1S/C44H28N4/c1-3-29-31-19-10-11-21-35(31)44(34(29)4-2)36-22-12-13-24-38(36)48-41-33(20-14-23-37(41)45-43(44)48)42-46-39(28-16-6-5-7-17-28)32-26-25-27-15-8-9-18-30(27)40(32)47-42/h3-26H,1-2H2. The van der Waals surface area contributed by atoms with Crippen LogP contribution in [0.25, 0.3) is 66.6 Å². The summed E-state index contributed by atoms with van der Waals surface area (Å²) in [7, 11) is 0. The summed E-state index contributed by atoms with van der Waals surface area (Å²) in [6.07, 6.45) is 3.95. The molecule has 4 nitrogen and oxygen atoms in total. The van der Waals surface area contributed by atoms with Crippen LogP contribution in [0.4, 0.5) is 0 Å². The molecule has 0 N–H and O–H groups in total. The number of imidazole rings is 1. The van der Waals surface area contributed by atoms with Crippen molar-refractivity contribution >= 4 is 38.3 Å². The zero-order valence-corrected chi connectivity index (χ0v) is 26.1. The number of nitrogens with zero attached hydrogens (tertiary/aromatic N) is 4. The van der Waals surface area contributed by atoms with Crippen LogP contribution in [0.2, 0.25) is 0 Å². The van der Waals surface area contributed by atoms with Gasteiger partial charge in [0.05, 0.1) is 27.9 Å². The molecule has 1 atom stereocenters. The molecule has 3 heterocycles. The largest absolute Gasteiger partial charge is 0.294 e. The van der Waals surface area contributed by atoms with E-state index in [0.29, 0.717) is 5.82 Å². The highest BCUT2D eigenvalue weighted by Gasteiger charge is 2.54. The molecule has 10 rings (SSSR count). The van der Waals surface area contributed by atoms with Crippen molar-refractivity contribution in [1.29, 1.82) is 0 Å². The van der Waals surface area contributed by atoms with Gasteiger partial charge in [0.2, 0.25) is 0 Å². The number of hydrogen-bond donors (Lipinski definition) is 0. The van der Waals surface area contributed by atoms with Crippen LogP contribution in [0.1, 0.15) is 22.5 Å². The van der Waals surface area contributed by atoms with Gasteiger partial charge in [-0.05, 0) is 57.5 Å². The summed E-state index contributed by atoms with van der Waals surface area (Å²) < 4.78 is 2.34. The van der Waals surface area contributed by atoms with E-state index in [1.165, 1.54) is 11.1 Å². The van der Waals surface area contributed by atoms with Gasteiger partial charge >= 0.3 is 0 Å². The van der Waals surface area contributed by atoms with Gasteiger partial charge in [0.25, 0.3) is 0 Å². The van der Waals surface area contributed by atoms with E-state index in [4.69, 9.17) is 15.0 Å². The van der Waals surface area contributed by atoms with Crippen LogP contribution in [0.5, 0.6) is 0 Å². The first-order chi connectivity index (χ1) is 23.7. The lowest BCUT2D eigenvalue weighted by atomic mass is 9.72. The van der Waals surface area contributed by atoms with Gasteiger partial charge in [-0.2, -0.15) is 0 Å². The van der Waals surface area contributed by atoms with Gasteiger partial charge in [-0.25, -0.2) is 15.0 Å². The predicted molar refractivity (Wildman–Crippen MR) is 196 cm³/mol. The van der Waals surface area contributed by atoms with Gasteiger partial charge in [-0.1, -0.05) is 135 Å². The van der Waals surface area contributed by atoms with E-state index in [0.717, 1.165) is 77.8 Å². The van der Waals surface area contributed by atoms with Gasteiger partial charge in [-0.15, -0.1) is 0 Å². The van der Waals surface area contributed by atoms with Crippen LogP contribution in [0.15, 0.2) is 164 Å². The lowest BCUT2D eigenvalue weighted by Gasteiger charge is -2.28. The number of benzene rings is 6. The Hall–Kier alpha value is -6.39. The summed E-state index contributed by atoms with van der Waals surface area (Å²) in [4.78, 5) is 16.2. The van der Waals surface area contributed by atoms with Crippen LogP contribution in [0.3, 0.4) is 0 Å². The minimum atomic E-state index is -0.635. The Bertz CT molecular complexity index is 2710. The second-order valence-electron chi connectivity index (χ2n) is 12.4. The minimum Gasteiger partial charge on any atom is -0.294 e. The molecule has 48 heavy (non-hydrogen) atoms. The van der Waals surface area contributed by atoms with Crippen LogP contribution >= 0.6 is 0 Å². The highest BCUT2D eigenvalue weighted by atomic mass is 15.1. The van der Waals surface area contributed by atoms with Crippen molar-refractivity contribution in [3.63, 3.8) is 0 Å². The smallest absolute Gasteiger partial charge is 0.162 e. The molecule has 0 saturated heterocycles. The van der Waals surface area contributed by atoms with Gasteiger partial charge in [0.15, 0.2) is 5.82 Å². The van der Waals surface area contributed by atoms with Crippen molar-refractivity contribution in [1.82, 2.24) is 19.5 Å². The Morgan fingerprint density at radius 3 is 2.19 bits per heavy atom. The minimum absolute atomic E-state index is 0.635. The van der Waals surface area contributed by atoms with Gasteiger partial charge < -0.3 is 0 Å². The second-order valence-corrected chi connectivity index (χ2v) is 12.4. The highest BCUT2D eigenvalue weighted by Crippen LogP contribution is 2.60. The number of hydrogen-bond acceptors (Lipinski definition) is 3. The molecule has 0 amide bonds. The summed E-state index contributed by atoms with van der Waals surface area (Å²) in [6.45, 7) is 8.57. The van der Waals surface area contributed by atoms with E-state index in [9.17, 15) is 0 Å². The summed E-state index contributed by atoms with van der Waals surface area (Å²) in [6, 6.07) is 46.7. The summed E-state index contributed by atoms with van der Waals surface area (Å²) in [5.74, 6) is 1.61. The van der Waals surface area contributed by atoms with Crippen molar-refractivity contribution in [2.24, 2.45) is 0 Å². The lowest BCUT2D eigenvalue weighted by molar-refractivity contribution is 0.732. The number of fused-ring (bicyclic) bond motifs is 12. The first-order valence-electron chi connectivity index (χ1n) is 16.2. The second kappa shape index (κ2) is 9.81. The number of aromatic nitrogens is 4. The van der Waals surface area contributed by atoms with Gasteiger partial charge in [0, 0.05) is 21.9 Å². The Labute approximate surface area is 277 Å². The maximum atomic E-state index is 5.48. The summed E-state index contributed by atoms with van der Waals surface area (Å²) >= 11 is 0. The molecule has 2 aromatic heterocycles. The summed E-state index contributed by atoms with van der Waals surface area (Å²) in [5.41, 5.74) is 11.9. The maximum absolute atomic E-state index is 5.48. The van der Waals surface area contributed by atoms with E-state index < -0.39 is 5.41 Å². The van der Waals surface area contributed by atoms with Crippen molar-refractivity contribution in [3.05, 3.63) is 187 Å². The molecule has 0 bridgehead atoms. The van der Waals surface area contributed by atoms with Gasteiger partial charge in [0.1, 0.15) is 11.2 Å². The number of allylic oxidation sites excluding steroid dienone is 4. The molecule has 2 aliphatic rings. The Balaban J connectivity index is 1.34. The normalized spacial score (nSPS) is 16.1. The first kappa shape index (κ1) is 26.8. The third kappa shape index (κ3) is 3.31. The molecule has 4 heteroatoms. The van der Waals surface area contributed by atoms with E-state index in [1.807, 2.05) is 18.2 Å². The number of rotatable bonds is 4. The average Bonchev–Trinajstić information content (AvgIpc) is 3.77. The molecule has 1 unspecified atom stereocenters. The molecule has 224 valence electrons. The Morgan fingerprint density at radius 1 is 0.583 bits per heavy atom. The molecular weight excluding hydrogens is 585 g/mol. The predicted octanol–water partition coefficient (Wildman–Crippen LogP) is 10.2. The maximum Gasteiger partial charge on any atom is 0.162 e. The zero-order chi connectivity index (χ0) is 32.0. The van der Waals surface area contributed by atoms with Crippen molar-refractivity contribution in [2.75, 3.05) is 0 Å². The summed E-state index contributed by atoms with van der Waals surface area (Å²) in [5, 5.41) is 3.28. The fraction of sp³-hybridized carbons (Fsp3) is 0.0227. The first-order valence-corrected chi connectivity index (χ1v) is 16.2. The Kier molecular flexibility index (Phi) is 5.47. The van der Waals surface area contributed by atoms with Crippen LogP contribution in [-0.4, -0.2) is 19.5 Å². The third-order valence-electron chi connectivity index (χ3n) is 10.2. The van der Waals surface area contributed by atoms with E-state index in [-0.39, 0.29) is 0 Å². The third-order valence-corrected chi connectivity index (χ3v) is 10.2. The lowest BCUT2D eigenvalue weighted by Crippen LogP contribution is -2.27. The molecule has 1 spiro atoms. The molecule has 1 aliphatic heterocycles. The molecule has 1 aliphatic carbocycles. The van der Waals surface area contributed by atoms with Crippen LogP contribution in [0, 0.1) is 0 Å². The van der Waals surface area contributed by atoms with Gasteiger partial charge in [-0.3, -0.25) is 4.57 Å². The Morgan fingerprint density at radius 2 is 1.33 bits per heavy atom. The highest BCUT2D eigenvalue weighted by molar-refractivity contribution is 6.10. The average molecular weight is 613 g/mol. The molecule has 0 radical (unpaired) electrons. The van der Waals surface area contributed by atoms with E-state index in [1.54, 1.807) is 0 Å². The van der Waals surface area contributed by atoms with Crippen molar-refractivity contribution < 1.29 is 0 Å². The van der Waals surface area contributed by atoms with E-state index >= 15 is 0 Å². The molecule has 0 fully saturated rings. The fourth-order valence-corrected chi connectivity index (χ4v) is 8.25. The topological polar surface area (TPSA) is 43.6 Å². The van der Waals surface area contributed by atoms with Crippen LogP contribution < -0.4 is 0 Å². The quantitative estimate of drug-likeness (QED) is 0.186.